The van der Waals surface area contributed by atoms with E-state index in [1.54, 1.807) is 0 Å². The van der Waals surface area contributed by atoms with Gasteiger partial charge in [-0.15, -0.1) is 0 Å². The number of rotatable bonds is 11. The summed E-state index contributed by atoms with van der Waals surface area (Å²) in [5.74, 6) is 0. The summed E-state index contributed by atoms with van der Waals surface area (Å²) in [4.78, 5) is 0. The van der Waals surface area contributed by atoms with Gasteiger partial charge in [0.05, 0.1) is 6.61 Å². The van der Waals surface area contributed by atoms with Gasteiger partial charge in [0.25, 0.3) is 11.0 Å². The van der Waals surface area contributed by atoms with Crippen molar-refractivity contribution in [2.75, 3.05) is 6.61 Å². The van der Waals surface area contributed by atoms with Gasteiger partial charge < -0.3 is 0 Å². The van der Waals surface area contributed by atoms with Crippen molar-refractivity contribution >= 4 is 11.0 Å². The van der Waals surface area contributed by atoms with E-state index in [4.69, 9.17) is 0 Å². The van der Waals surface area contributed by atoms with E-state index in [1.807, 2.05) is 0 Å². The molecule has 15 heavy (non-hydrogen) atoms. The molecule has 0 radical (unpaired) electrons. The zero-order valence-electron chi connectivity index (χ0n) is 9.74. The van der Waals surface area contributed by atoms with E-state index in [0.717, 1.165) is 12.8 Å². The van der Waals surface area contributed by atoms with Gasteiger partial charge in [-0.1, -0.05) is 58.3 Å². The molecule has 0 aliphatic rings. The van der Waals surface area contributed by atoms with Crippen LogP contribution in [0, 0.1) is 0 Å². The second kappa shape index (κ2) is 12.0. The molecule has 0 aliphatic carbocycles. The van der Waals surface area contributed by atoms with E-state index in [0.29, 0.717) is 6.61 Å². The van der Waals surface area contributed by atoms with Crippen molar-refractivity contribution in [3.8, 4) is 0 Å². The molecule has 0 atom stereocenters. The molecule has 0 aliphatic heterocycles. The zero-order valence-corrected chi connectivity index (χ0v) is 10.6. The third-order valence-corrected chi connectivity index (χ3v) is 2.84. The van der Waals surface area contributed by atoms with Gasteiger partial charge in [0, 0.05) is 0 Å². The summed E-state index contributed by atoms with van der Waals surface area (Å²) >= 11 is 0. The lowest BCUT2D eigenvalue weighted by Crippen LogP contribution is -1.92. The van der Waals surface area contributed by atoms with E-state index < -0.39 is 11.0 Å². The minimum absolute atomic E-state index is 0.356. The Hall–Kier alpha value is -0.0900. The highest BCUT2D eigenvalue weighted by Crippen LogP contribution is 2.09. The van der Waals surface area contributed by atoms with Crippen molar-refractivity contribution in [1.82, 2.24) is 0 Å². The SMILES string of the molecule is CCCCCCCCCCCO[SH](=O)=O. The number of unbranched alkanes of at least 4 members (excludes halogenated alkanes) is 8. The molecule has 0 heterocycles. The first-order valence-electron chi connectivity index (χ1n) is 6.04. The first-order valence-corrected chi connectivity index (χ1v) is 7.14. The number of hydrogen-bond donors (Lipinski definition) is 1. The van der Waals surface area contributed by atoms with Gasteiger partial charge in [0.1, 0.15) is 0 Å². The lowest BCUT2D eigenvalue weighted by molar-refractivity contribution is 0.319. The van der Waals surface area contributed by atoms with Gasteiger partial charge in [-0.25, -0.2) is 8.42 Å². The Labute approximate surface area is 95.4 Å². The minimum atomic E-state index is -2.64. The van der Waals surface area contributed by atoms with Gasteiger partial charge in [0.15, 0.2) is 0 Å². The second-order valence-electron chi connectivity index (χ2n) is 3.89. The molecule has 0 amide bonds. The lowest BCUT2D eigenvalue weighted by Gasteiger charge is -2.00. The third-order valence-electron chi connectivity index (χ3n) is 2.44. The minimum Gasteiger partial charge on any atom is -0.272 e. The summed E-state index contributed by atoms with van der Waals surface area (Å²) in [7, 11) is -2.64. The third kappa shape index (κ3) is 13.9. The summed E-state index contributed by atoms with van der Waals surface area (Å²) in [5, 5.41) is 0. The average Bonchev–Trinajstić information content (AvgIpc) is 2.20. The van der Waals surface area contributed by atoms with Crippen LogP contribution in [0.3, 0.4) is 0 Å². The quantitative estimate of drug-likeness (QED) is 0.443. The molecule has 0 aromatic heterocycles. The largest absolute Gasteiger partial charge is 0.272 e. The fourth-order valence-electron chi connectivity index (χ4n) is 1.55. The van der Waals surface area contributed by atoms with E-state index in [1.165, 1.54) is 44.9 Å². The van der Waals surface area contributed by atoms with Crippen LogP contribution in [-0.2, 0) is 15.2 Å². The maximum absolute atomic E-state index is 10.0. The Morgan fingerprint density at radius 2 is 1.27 bits per heavy atom. The fraction of sp³-hybridized carbons (Fsp3) is 1.00. The molecule has 0 saturated heterocycles. The maximum atomic E-state index is 10.0. The van der Waals surface area contributed by atoms with Crippen molar-refractivity contribution in [1.29, 1.82) is 0 Å². The van der Waals surface area contributed by atoms with Crippen molar-refractivity contribution in [3.63, 3.8) is 0 Å². The van der Waals surface area contributed by atoms with Crippen LogP contribution in [0.1, 0.15) is 64.7 Å². The van der Waals surface area contributed by atoms with Crippen molar-refractivity contribution in [2.24, 2.45) is 0 Å². The number of hydrogen-bond acceptors (Lipinski definition) is 3. The van der Waals surface area contributed by atoms with Crippen LogP contribution in [0.5, 0.6) is 0 Å². The molecule has 3 nitrogen and oxygen atoms in total. The van der Waals surface area contributed by atoms with Gasteiger partial charge in [-0.3, -0.25) is 4.18 Å². The number of thiol groups is 1. The van der Waals surface area contributed by atoms with Gasteiger partial charge in [0.2, 0.25) is 0 Å². The molecule has 4 heteroatoms. The summed E-state index contributed by atoms with van der Waals surface area (Å²) in [6.45, 7) is 2.58. The molecule has 0 bridgehead atoms. The van der Waals surface area contributed by atoms with Crippen LogP contribution in [0.25, 0.3) is 0 Å². The highest BCUT2D eigenvalue weighted by Gasteiger charge is 1.92. The Morgan fingerprint density at radius 3 is 1.73 bits per heavy atom. The summed E-state index contributed by atoms with van der Waals surface area (Å²) < 4.78 is 24.6. The molecule has 0 N–H and O–H groups in total. The molecule has 0 spiro atoms. The molecule has 0 rings (SSSR count). The lowest BCUT2D eigenvalue weighted by atomic mass is 10.1. The van der Waals surface area contributed by atoms with Crippen molar-refractivity contribution in [3.05, 3.63) is 0 Å². The van der Waals surface area contributed by atoms with Crippen LogP contribution in [0.2, 0.25) is 0 Å². The van der Waals surface area contributed by atoms with Gasteiger partial charge in [-0.2, -0.15) is 0 Å². The summed E-state index contributed by atoms with van der Waals surface area (Å²) in [6, 6.07) is 0. The zero-order chi connectivity index (χ0) is 11.4. The van der Waals surface area contributed by atoms with E-state index in [9.17, 15) is 8.42 Å². The van der Waals surface area contributed by atoms with E-state index in [-0.39, 0.29) is 0 Å². The molecule has 0 unspecified atom stereocenters. The van der Waals surface area contributed by atoms with Crippen molar-refractivity contribution in [2.45, 2.75) is 64.7 Å². The monoisotopic (exact) mass is 236 g/mol. The molecule has 0 saturated carbocycles. The van der Waals surface area contributed by atoms with Crippen molar-refractivity contribution < 1.29 is 12.6 Å². The van der Waals surface area contributed by atoms with E-state index >= 15 is 0 Å². The predicted molar refractivity (Wildman–Crippen MR) is 63.5 cm³/mol. The Bertz CT molecular complexity index is 182. The van der Waals surface area contributed by atoms with Gasteiger partial charge in [-0.05, 0) is 6.42 Å². The molecular formula is C11H24O3S. The first kappa shape index (κ1) is 14.9. The molecule has 0 aromatic carbocycles. The van der Waals surface area contributed by atoms with Crippen LogP contribution >= 0.6 is 0 Å². The highest BCUT2D eigenvalue weighted by atomic mass is 32.2. The van der Waals surface area contributed by atoms with Gasteiger partial charge >= 0.3 is 0 Å². The highest BCUT2D eigenvalue weighted by molar-refractivity contribution is 7.67. The average molecular weight is 236 g/mol. The molecular weight excluding hydrogens is 212 g/mol. The fourth-order valence-corrected chi connectivity index (χ4v) is 1.83. The smallest absolute Gasteiger partial charge is 0.257 e. The normalized spacial score (nSPS) is 11.1. The Balaban J connectivity index is 2.92. The van der Waals surface area contributed by atoms with E-state index in [2.05, 4.69) is 11.1 Å². The standard InChI is InChI=1S/C11H24O3S/c1-2-3-4-5-6-7-8-9-10-11-14-15(12)13/h15H,2-11H2,1H3. The summed E-state index contributed by atoms with van der Waals surface area (Å²) in [6.07, 6.45) is 11.1. The maximum Gasteiger partial charge on any atom is 0.257 e. The first-order chi connectivity index (χ1) is 7.27. The molecule has 0 fully saturated rings. The van der Waals surface area contributed by atoms with Crippen LogP contribution < -0.4 is 0 Å². The summed E-state index contributed by atoms with van der Waals surface area (Å²) in [5.41, 5.74) is 0. The topological polar surface area (TPSA) is 43.4 Å². The Kier molecular flexibility index (Phi) is 11.9. The predicted octanol–water partition coefficient (Wildman–Crippen LogP) is 3.06. The second-order valence-corrected chi connectivity index (χ2v) is 4.59. The van der Waals surface area contributed by atoms with Crippen LogP contribution in [0.15, 0.2) is 0 Å². The Morgan fingerprint density at radius 1 is 0.800 bits per heavy atom. The molecule has 0 aromatic rings. The molecule has 92 valence electrons. The van der Waals surface area contributed by atoms with Crippen LogP contribution in [-0.4, -0.2) is 15.0 Å². The van der Waals surface area contributed by atoms with Crippen LogP contribution in [0.4, 0.5) is 0 Å².